The van der Waals surface area contributed by atoms with Crippen LogP contribution < -0.4 is 10.6 Å². The highest BCUT2D eigenvalue weighted by atomic mass is 32.2. The lowest BCUT2D eigenvalue weighted by molar-refractivity contribution is 0.738. The number of nitrogens with zero attached hydrogens (tertiary/aromatic N) is 1. The summed E-state index contributed by atoms with van der Waals surface area (Å²) in [5.41, 5.74) is 8.51. The van der Waals surface area contributed by atoms with Crippen LogP contribution >= 0.6 is 11.8 Å². The maximum atomic E-state index is 6.11. The zero-order valence-corrected chi connectivity index (χ0v) is 10.4. The molecule has 0 amide bonds. The minimum Gasteiger partial charge on any atom is -0.324 e. The van der Waals surface area contributed by atoms with Gasteiger partial charge in [0.1, 0.15) is 0 Å². The third kappa shape index (κ3) is 1.72. The second kappa shape index (κ2) is 4.09. The predicted octanol–water partition coefficient (Wildman–Crippen LogP) is 3.59. The average Bonchev–Trinajstić information content (AvgIpc) is 2.35. The van der Waals surface area contributed by atoms with Crippen LogP contribution in [-0.2, 0) is 0 Å². The topological polar surface area (TPSA) is 29.3 Å². The van der Waals surface area contributed by atoms with Crippen molar-refractivity contribution >= 4 is 23.1 Å². The fourth-order valence-electron chi connectivity index (χ4n) is 2.17. The smallest absolute Gasteiger partial charge is 0.0792 e. The first-order valence-electron chi connectivity index (χ1n) is 5.68. The molecule has 1 heterocycles. The zero-order valence-electron chi connectivity index (χ0n) is 9.63. The van der Waals surface area contributed by atoms with Gasteiger partial charge in [0.25, 0.3) is 0 Å². The molecule has 2 aromatic carbocycles. The number of para-hydroxylation sites is 2. The lowest BCUT2D eigenvalue weighted by Crippen LogP contribution is -2.37. The lowest BCUT2D eigenvalue weighted by atomic mass is 10.2. The summed E-state index contributed by atoms with van der Waals surface area (Å²) in [5.74, 6) is 0. The van der Waals surface area contributed by atoms with Crippen molar-refractivity contribution < 1.29 is 0 Å². The molecule has 0 saturated heterocycles. The van der Waals surface area contributed by atoms with Crippen LogP contribution in [0, 0.1) is 0 Å². The summed E-state index contributed by atoms with van der Waals surface area (Å²) in [7, 11) is 0. The highest BCUT2D eigenvalue weighted by Crippen LogP contribution is 2.48. The molecule has 1 aliphatic heterocycles. The molecular weight excluding hydrogens is 228 g/mol. The highest BCUT2D eigenvalue weighted by molar-refractivity contribution is 7.99. The second-order valence-electron chi connectivity index (χ2n) is 4.15. The minimum absolute atomic E-state index is 0.0294. The minimum atomic E-state index is -0.0294. The molecule has 86 valence electrons. The van der Waals surface area contributed by atoms with E-state index in [9.17, 15) is 0 Å². The molecule has 3 heteroatoms. The molecule has 2 N–H and O–H groups in total. The van der Waals surface area contributed by atoms with Gasteiger partial charge in [0.05, 0.1) is 17.5 Å². The standard InChI is InChI=1S/C14H14N2S/c1-10(15)16-11-6-2-4-8-13(11)17-14-9-5-3-7-12(14)16/h2-10H,15H2,1H3. The van der Waals surface area contributed by atoms with E-state index in [1.54, 1.807) is 11.8 Å². The van der Waals surface area contributed by atoms with E-state index in [-0.39, 0.29) is 6.17 Å². The summed E-state index contributed by atoms with van der Waals surface area (Å²) in [5, 5.41) is 0. The van der Waals surface area contributed by atoms with Crippen LogP contribution in [0.4, 0.5) is 11.4 Å². The lowest BCUT2D eigenvalue weighted by Gasteiger charge is -2.35. The van der Waals surface area contributed by atoms with Gasteiger partial charge in [-0.25, -0.2) is 0 Å². The molecule has 2 aromatic rings. The van der Waals surface area contributed by atoms with Gasteiger partial charge in [0, 0.05) is 9.79 Å². The molecule has 3 rings (SSSR count). The number of anilines is 2. The summed E-state index contributed by atoms with van der Waals surface area (Å²) in [6.07, 6.45) is -0.0294. The van der Waals surface area contributed by atoms with E-state index in [4.69, 9.17) is 5.73 Å². The molecule has 17 heavy (non-hydrogen) atoms. The van der Waals surface area contributed by atoms with Crippen LogP contribution in [-0.4, -0.2) is 6.17 Å². The quantitative estimate of drug-likeness (QED) is 0.828. The van der Waals surface area contributed by atoms with E-state index >= 15 is 0 Å². The van der Waals surface area contributed by atoms with E-state index in [1.165, 1.54) is 21.2 Å². The Morgan fingerprint density at radius 1 is 0.941 bits per heavy atom. The van der Waals surface area contributed by atoms with E-state index in [1.807, 2.05) is 6.92 Å². The van der Waals surface area contributed by atoms with Crippen LogP contribution in [0.15, 0.2) is 58.3 Å². The Bertz CT molecular complexity index is 506. The zero-order chi connectivity index (χ0) is 11.8. The van der Waals surface area contributed by atoms with Crippen molar-refractivity contribution in [3.05, 3.63) is 48.5 Å². The summed E-state index contributed by atoms with van der Waals surface area (Å²) in [6, 6.07) is 16.8. The first-order chi connectivity index (χ1) is 8.27. The van der Waals surface area contributed by atoms with Crippen molar-refractivity contribution in [2.75, 3.05) is 4.90 Å². The number of hydrogen-bond donors (Lipinski definition) is 1. The third-order valence-electron chi connectivity index (χ3n) is 2.88. The molecule has 2 nitrogen and oxygen atoms in total. The van der Waals surface area contributed by atoms with Gasteiger partial charge in [-0.05, 0) is 31.2 Å². The van der Waals surface area contributed by atoms with Crippen molar-refractivity contribution in [2.45, 2.75) is 22.9 Å². The van der Waals surface area contributed by atoms with E-state index in [0.717, 1.165) is 0 Å². The second-order valence-corrected chi connectivity index (χ2v) is 5.23. The van der Waals surface area contributed by atoms with Crippen molar-refractivity contribution in [3.8, 4) is 0 Å². The first-order valence-corrected chi connectivity index (χ1v) is 6.50. The molecule has 0 radical (unpaired) electrons. The molecule has 0 fully saturated rings. The van der Waals surface area contributed by atoms with Gasteiger partial charge in [-0.3, -0.25) is 0 Å². The van der Waals surface area contributed by atoms with Gasteiger partial charge in [-0.2, -0.15) is 0 Å². The molecule has 0 saturated carbocycles. The Hall–Kier alpha value is -1.45. The molecule has 0 spiro atoms. The highest BCUT2D eigenvalue weighted by Gasteiger charge is 2.24. The Morgan fingerprint density at radius 3 is 1.88 bits per heavy atom. The van der Waals surface area contributed by atoms with Gasteiger partial charge in [-0.15, -0.1) is 0 Å². The van der Waals surface area contributed by atoms with Crippen LogP contribution in [0.2, 0.25) is 0 Å². The Kier molecular flexibility index (Phi) is 2.57. The summed E-state index contributed by atoms with van der Waals surface area (Å²) in [4.78, 5) is 4.73. The SMILES string of the molecule is CC(N)N1c2ccccc2Sc2ccccc21. The molecular formula is C14H14N2S. The van der Waals surface area contributed by atoms with Crippen molar-refractivity contribution in [2.24, 2.45) is 5.73 Å². The van der Waals surface area contributed by atoms with E-state index in [2.05, 4.69) is 53.4 Å². The molecule has 0 aliphatic carbocycles. The monoisotopic (exact) mass is 242 g/mol. The maximum Gasteiger partial charge on any atom is 0.0792 e. The number of fused-ring (bicyclic) bond motifs is 2. The largest absolute Gasteiger partial charge is 0.324 e. The summed E-state index contributed by atoms with van der Waals surface area (Å²) < 4.78 is 0. The van der Waals surface area contributed by atoms with Gasteiger partial charge in [0.15, 0.2) is 0 Å². The van der Waals surface area contributed by atoms with E-state index < -0.39 is 0 Å². The molecule has 0 bridgehead atoms. The molecule has 1 atom stereocenters. The van der Waals surface area contributed by atoms with Crippen molar-refractivity contribution in [3.63, 3.8) is 0 Å². The maximum absolute atomic E-state index is 6.11. The fraction of sp³-hybridized carbons (Fsp3) is 0.143. The Morgan fingerprint density at radius 2 is 1.41 bits per heavy atom. The van der Waals surface area contributed by atoms with Crippen molar-refractivity contribution in [1.82, 2.24) is 0 Å². The van der Waals surface area contributed by atoms with Gasteiger partial charge in [-0.1, -0.05) is 36.0 Å². The number of benzene rings is 2. The Balaban J connectivity index is 2.21. The van der Waals surface area contributed by atoms with Gasteiger partial charge < -0.3 is 10.6 Å². The van der Waals surface area contributed by atoms with Crippen LogP contribution in [0.25, 0.3) is 0 Å². The van der Waals surface area contributed by atoms with Crippen molar-refractivity contribution in [1.29, 1.82) is 0 Å². The summed E-state index contributed by atoms with van der Waals surface area (Å²) in [6.45, 7) is 2.02. The Labute approximate surface area is 105 Å². The van der Waals surface area contributed by atoms with Gasteiger partial charge in [0.2, 0.25) is 0 Å². The van der Waals surface area contributed by atoms with Crippen LogP contribution in [0.3, 0.4) is 0 Å². The number of rotatable bonds is 1. The number of nitrogens with two attached hydrogens (primary N) is 1. The average molecular weight is 242 g/mol. The van der Waals surface area contributed by atoms with Crippen LogP contribution in [0.1, 0.15) is 6.92 Å². The van der Waals surface area contributed by atoms with E-state index in [0.29, 0.717) is 0 Å². The molecule has 1 unspecified atom stereocenters. The van der Waals surface area contributed by atoms with Crippen LogP contribution in [0.5, 0.6) is 0 Å². The first kappa shape index (κ1) is 10.7. The predicted molar refractivity (Wildman–Crippen MR) is 72.8 cm³/mol. The summed E-state index contributed by atoms with van der Waals surface area (Å²) >= 11 is 1.81. The molecule has 0 aromatic heterocycles. The number of hydrogen-bond acceptors (Lipinski definition) is 3. The normalized spacial score (nSPS) is 15.1. The molecule has 1 aliphatic rings. The fourth-order valence-corrected chi connectivity index (χ4v) is 3.24. The third-order valence-corrected chi connectivity index (χ3v) is 4.01. The van der Waals surface area contributed by atoms with Gasteiger partial charge >= 0.3 is 0 Å².